The van der Waals surface area contributed by atoms with E-state index in [1.165, 1.54) is 0 Å². The smallest absolute Gasteiger partial charge is 0.245 e. The van der Waals surface area contributed by atoms with E-state index in [0.717, 1.165) is 16.8 Å². The van der Waals surface area contributed by atoms with Crippen molar-refractivity contribution in [3.05, 3.63) is 53.6 Å². The highest BCUT2D eigenvalue weighted by molar-refractivity contribution is 6.11. The number of hydrogen-bond acceptors (Lipinski definition) is 3. The minimum atomic E-state index is -0.714. The summed E-state index contributed by atoms with van der Waals surface area (Å²) in [6.45, 7) is 0.339. The summed E-state index contributed by atoms with van der Waals surface area (Å²) in [6, 6.07) is 13.4. The first-order chi connectivity index (χ1) is 9.64. The number of benzene rings is 2. The van der Waals surface area contributed by atoms with Crippen molar-refractivity contribution in [2.24, 2.45) is 0 Å². The Morgan fingerprint density at radius 2 is 2.00 bits per heavy atom. The van der Waals surface area contributed by atoms with Crippen molar-refractivity contribution >= 4 is 17.3 Å². The van der Waals surface area contributed by atoms with Crippen LogP contribution in [-0.2, 0) is 10.2 Å². The second-order valence-electron chi connectivity index (χ2n) is 5.33. The lowest BCUT2D eigenvalue weighted by Gasteiger charge is -2.21. The van der Waals surface area contributed by atoms with Crippen LogP contribution in [-0.4, -0.2) is 19.6 Å². The number of para-hydroxylation sites is 1. The first kappa shape index (κ1) is 11.3. The number of likely N-dealkylation sites (N-methyl/N-ethyl adjacent to an activating group) is 1. The van der Waals surface area contributed by atoms with Gasteiger partial charge in [-0.05, 0) is 17.7 Å². The predicted octanol–water partition coefficient (Wildman–Crippen LogP) is 1.92. The van der Waals surface area contributed by atoms with E-state index in [-0.39, 0.29) is 5.91 Å². The Bertz CT molecular complexity index is 741. The van der Waals surface area contributed by atoms with E-state index in [0.29, 0.717) is 18.0 Å². The Balaban J connectivity index is 2.03. The van der Waals surface area contributed by atoms with Crippen molar-refractivity contribution < 1.29 is 9.53 Å². The van der Waals surface area contributed by atoms with E-state index in [1.54, 1.807) is 11.0 Å². The highest BCUT2D eigenvalue weighted by Crippen LogP contribution is 2.51. The predicted molar refractivity (Wildman–Crippen MR) is 77.0 cm³/mol. The quantitative estimate of drug-likeness (QED) is 0.741. The van der Waals surface area contributed by atoms with Crippen LogP contribution in [0.5, 0.6) is 5.75 Å². The summed E-state index contributed by atoms with van der Waals surface area (Å²) in [4.78, 5) is 14.6. The van der Waals surface area contributed by atoms with Gasteiger partial charge in [-0.2, -0.15) is 0 Å². The Morgan fingerprint density at radius 3 is 2.85 bits per heavy atom. The first-order valence-electron chi connectivity index (χ1n) is 6.55. The van der Waals surface area contributed by atoms with Crippen LogP contribution in [0.15, 0.2) is 42.5 Å². The highest BCUT2D eigenvalue weighted by atomic mass is 16.5. The topological polar surface area (TPSA) is 55.6 Å². The summed E-state index contributed by atoms with van der Waals surface area (Å²) < 4.78 is 5.77. The highest BCUT2D eigenvalue weighted by Gasteiger charge is 2.55. The number of nitrogens with two attached hydrogens (primary N) is 1. The molecule has 0 saturated heterocycles. The molecule has 4 heteroatoms. The van der Waals surface area contributed by atoms with Crippen LogP contribution in [0.2, 0.25) is 0 Å². The molecule has 0 bridgehead atoms. The van der Waals surface area contributed by atoms with Crippen LogP contribution < -0.4 is 15.4 Å². The van der Waals surface area contributed by atoms with Crippen molar-refractivity contribution in [1.82, 2.24) is 0 Å². The third kappa shape index (κ3) is 1.14. The normalized spacial score (nSPS) is 22.9. The molecule has 100 valence electrons. The van der Waals surface area contributed by atoms with Crippen molar-refractivity contribution in [2.45, 2.75) is 5.41 Å². The average Bonchev–Trinajstić information content (AvgIpc) is 2.93. The van der Waals surface area contributed by atoms with E-state index in [1.807, 2.05) is 43.4 Å². The largest absolute Gasteiger partial charge is 0.491 e. The van der Waals surface area contributed by atoms with Crippen LogP contribution in [0, 0.1) is 0 Å². The molecule has 0 aromatic heterocycles. The molecule has 2 aromatic rings. The van der Waals surface area contributed by atoms with E-state index < -0.39 is 5.41 Å². The Labute approximate surface area is 116 Å². The van der Waals surface area contributed by atoms with Gasteiger partial charge in [0.1, 0.15) is 17.8 Å². The van der Waals surface area contributed by atoms with Gasteiger partial charge in [0.25, 0.3) is 0 Å². The first-order valence-corrected chi connectivity index (χ1v) is 6.55. The summed E-state index contributed by atoms with van der Waals surface area (Å²) in [5.74, 6) is 0.769. The molecule has 4 nitrogen and oxygen atoms in total. The van der Waals surface area contributed by atoms with Crippen molar-refractivity contribution in [1.29, 1.82) is 0 Å². The molecule has 2 aliphatic rings. The van der Waals surface area contributed by atoms with Gasteiger partial charge in [0.15, 0.2) is 0 Å². The molecule has 1 unspecified atom stereocenters. The molecule has 0 radical (unpaired) electrons. The minimum Gasteiger partial charge on any atom is -0.491 e. The van der Waals surface area contributed by atoms with Crippen LogP contribution in [0.3, 0.4) is 0 Å². The maximum Gasteiger partial charge on any atom is 0.245 e. The fraction of sp³-hybridized carbons (Fsp3) is 0.188. The van der Waals surface area contributed by atoms with Gasteiger partial charge in [0.2, 0.25) is 5.91 Å². The zero-order chi connectivity index (χ0) is 13.9. The molecule has 1 spiro atoms. The molecule has 1 amide bonds. The fourth-order valence-electron chi connectivity index (χ4n) is 3.31. The lowest BCUT2D eigenvalue weighted by molar-refractivity contribution is -0.121. The molecule has 0 aliphatic carbocycles. The summed E-state index contributed by atoms with van der Waals surface area (Å²) >= 11 is 0. The van der Waals surface area contributed by atoms with Crippen molar-refractivity contribution in [2.75, 3.05) is 24.3 Å². The molecule has 2 heterocycles. The van der Waals surface area contributed by atoms with Gasteiger partial charge in [-0.15, -0.1) is 0 Å². The van der Waals surface area contributed by atoms with Gasteiger partial charge < -0.3 is 15.4 Å². The summed E-state index contributed by atoms with van der Waals surface area (Å²) in [6.07, 6.45) is 0. The number of carbonyl (C=O) groups is 1. The molecule has 20 heavy (non-hydrogen) atoms. The second kappa shape index (κ2) is 3.54. The average molecular weight is 266 g/mol. The molecular formula is C16H14N2O2. The van der Waals surface area contributed by atoms with E-state index >= 15 is 0 Å². The second-order valence-corrected chi connectivity index (χ2v) is 5.33. The number of amides is 1. The molecule has 2 N–H and O–H groups in total. The van der Waals surface area contributed by atoms with Gasteiger partial charge >= 0.3 is 0 Å². The molecule has 2 aromatic carbocycles. The lowest BCUT2D eigenvalue weighted by atomic mass is 9.77. The van der Waals surface area contributed by atoms with Crippen molar-refractivity contribution in [3.63, 3.8) is 0 Å². The maximum atomic E-state index is 12.8. The van der Waals surface area contributed by atoms with E-state index in [9.17, 15) is 4.79 Å². The Kier molecular flexibility index (Phi) is 2.01. The van der Waals surface area contributed by atoms with Gasteiger partial charge in [-0.25, -0.2) is 0 Å². The van der Waals surface area contributed by atoms with Gasteiger partial charge in [0.05, 0.1) is 0 Å². The Morgan fingerprint density at radius 1 is 1.20 bits per heavy atom. The number of nitrogen functional groups attached to an aromatic ring is 1. The molecule has 4 rings (SSSR count). The zero-order valence-electron chi connectivity index (χ0n) is 11.1. The van der Waals surface area contributed by atoms with Crippen LogP contribution in [0.25, 0.3) is 0 Å². The van der Waals surface area contributed by atoms with E-state index in [4.69, 9.17) is 10.5 Å². The molecule has 0 saturated carbocycles. The van der Waals surface area contributed by atoms with Crippen LogP contribution in [0.4, 0.5) is 11.4 Å². The van der Waals surface area contributed by atoms with Gasteiger partial charge in [-0.1, -0.05) is 24.3 Å². The number of nitrogens with zero attached hydrogens (tertiary/aromatic N) is 1. The maximum absolute atomic E-state index is 12.8. The fourth-order valence-corrected chi connectivity index (χ4v) is 3.31. The third-order valence-corrected chi connectivity index (χ3v) is 4.30. The number of rotatable bonds is 0. The van der Waals surface area contributed by atoms with Gasteiger partial charge in [0, 0.05) is 30.1 Å². The van der Waals surface area contributed by atoms with Crippen LogP contribution >= 0.6 is 0 Å². The Hall–Kier alpha value is -2.49. The zero-order valence-corrected chi connectivity index (χ0v) is 11.1. The molecular weight excluding hydrogens is 252 g/mol. The third-order valence-electron chi connectivity index (χ3n) is 4.30. The monoisotopic (exact) mass is 266 g/mol. The summed E-state index contributed by atoms with van der Waals surface area (Å²) in [5.41, 5.74) is 8.60. The number of fused-ring (bicyclic) bond motifs is 4. The minimum absolute atomic E-state index is 0.0576. The molecule has 0 fully saturated rings. The number of hydrogen-bond donors (Lipinski definition) is 1. The van der Waals surface area contributed by atoms with Crippen molar-refractivity contribution in [3.8, 4) is 5.75 Å². The molecule has 2 aliphatic heterocycles. The SMILES string of the molecule is CN1C(=O)C2(COc3cc(N)ccc32)c2ccccc21. The summed E-state index contributed by atoms with van der Waals surface area (Å²) in [5, 5.41) is 0. The number of anilines is 2. The standard InChI is InChI=1S/C16H14N2O2/c1-18-13-5-3-2-4-11(13)16(15(18)19)9-20-14-8-10(17)6-7-12(14)16/h2-8H,9,17H2,1H3. The van der Waals surface area contributed by atoms with E-state index in [2.05, 4.69) is 0 Å². The summed E-state index contributed by atoms with van der Waals surface area (Å²) in [7, 11) is 1.81. The van der Waals surface area contributed by atoms with Crippen LogP contribution in [0.1, 0.15) is 11.1 Å². The number of carbonyl (C=O) groups excluding carboxylic acids is 1. The van der Waals surface area contributed by atoms with Gasteiger partial charge in [-0.3, -0.25) is 4.79 Å². The number of ether oxygens (including phenoxy) is 1. The molecule has 1 atom stereocenters. The lowest BCUT2D eigenvalue weighted by Crippen LogP contribution is -2.40.